The van der Waals surface area contributed by atoms with E-state index in [0.29, 0.717) is 34.2 Å². The molecule has 0 saturated carbocycles. The fraction of sp³-hybridized carbons (Fsp3) is 0.300. The summed E-state index contributed by atoms with van der Waals surface area (Å²) in [4.78, 5) is 12.3. The second-order valence-electron chi connectivity index (χ2n) is 6.22. The molecular weight excluding hydrogens is 426 g/mol. The SMILES string of the molecule is COc1cccc(N(CC(=O)N/N=C\c2cc(OC)c(OC)c(OC)c2)S(C)(=O)=O)c1. The molecule has 0 aromatic heterocycles. The molecule has 11 heteroatoms. The Morgan fingerprint density at radius 3 is 2.19 bits per heavy atom. The van der Waals surface area contributed by atoms with Crippen molar-refractivity contribution in [3.8, 4) is 23.0 Å². The van der Waals surface area contributed by atoms with E-state index in [1.807, 2.05) is 0 Å². The van der Waals surface area contributed by atoms with E-state index in [0.717, 1.165) is 10.6 Å². The zero-order chi connectivity index (χ0) is 23.0. The van der Waals surface area contributed by atoms with E-state index in [1.54, 1.807) is 30.3 Å². The van der Waals surface area contributed by atoms with Gasteiger partial charge >= 0.3 is 0 Å². The number of nitrogens with one attached hydrogen (secondary N) is 1. The molecule has 2 aromatic carbocycles. The van der Waals surface area contributed by atoms with Gasteiger partial charge in [-0.2, -0.15) is 5.10 Å². The quantitative estimate of drug-likeness (QED) is 0.431. The van der Waals surface area contributed by atoms with Crippen molar-refractivity contribution >= 4 is 27.8 Å². The summed E-state index contributed by atoms with van der Waals surface area (Å²) in [5, 5.41) is 3.89. The van der Waals surface area contributed by atoms with Gasteiger partial charge in [0, 0.05) is 11.6 Å². The van der Waals surface area contributed by atoms with Gasteiger partial charge in [0.1, 0.15) is 12.3 Å². The molecule has 2 aromatic rings. The van der Waals surface area contributed by atoms with Crippen LogP contribution >= 0.6 is 0 Å². The Morgan fingerprint density at radius 1 is 1.03 bits per heavy atom. The highest BCUT2D eigenvalue weighted by Gasteiger charge is 2.21. The third-order valence-corrected chi connectivity index (χ3v) is 5.26. The first-order valence-corrected chi connectivity index (χ1v) is 10.8. The monoisotopic (exact) mass is 451 g/mol. The maximum atomic E-state index is 12.3. The number of carbonyl (C=O) groups excluding carboxylic acids is 1. The molecule has 0 heterocycles. The van der Waals surface area contributed by atoms with E-state index in [1.165, 1.54) is 40.7 Å². The molecule has 0 bridgehead atoms. The minimum atomic E-state index is -3.72. The van der Waals surface area contributed by atoms with Crippen LogP contribution in [0.4, 0.5) is 5.69 Å². The fourth-order valence-corrected chi connectivity index (χ4v) is 3.53. The van der Waals surface area contributed by atoms with Crippen molar-refractivity contribution in [2.45, 2.75) is 0 Å². The lowest BCUT2D eigenvalue weighted by molar-refractivity contribution is -0.119. The molecule has 2 rings (SSSR count). The summed E-state index contributed by atoms with van der Waals surface area (Å²) in [7, 11) is 2.20. The molecule has 0 aliphatic rings. The van der Waals surface area contributed by atoms with Crippen LogP contribution in [0.1, 0.15) is 5.56 Å². The second-order valence-corrected chi connectivity index (χ2v) is 8.13. The van der Waals surface area contributed by atoms with Gasteiger partial charge < -0.3 is 18.9 Å². The molecule has 168 valence electrons. The molecule has 0 radical (unpaired) electrons. The first kappa shape index (κ1) is 23.8. The molecule has 0 aliphatic heterocycles. The Balaban J connectivity index is 2.16. The Hall–Kier alpha value is -3.47. The summed E-state index contributed by atoms with van der Waals surface area (Å²) in [5.74, 6) is 1.11. The number of hydrogen-bond donors (Lipinski definition) is 1. The van der Waals surface area contributed by atoms with E-state index < -0.39 is 22.5 Å². The minimum Gasteiger partial charge on any atom is -0.497 e. The summed E-state index contributed by atoms with van der Waals surface area (Å²) in [6.07, 6.45) is 2.39. The number of amides is 1. The highest BCUT2D eigenvalue weighted by Crippen LogP contribution is 2.37. The van der Waals surface area contributed by atoms with Crippen LogP contribution in [-0.2, 0) is 14.8 Å². The van der Waals surface area contributed by atoms with Crippen molar-refractivity contribution in [3.63, 3.8) is 0 Å². The number of hydrogen-bond acceptors (Lipinski definition) is 8. The largest absolute Gasteiger partial charge is 0.497 e. The second kappa shape index (κ2) is 10.5. The zero-order valence-corrected chi connectivity index (χ0v) is 18.7. The Morgan fingerprint density at radius 2 is 1.68 bits per heavy atom. The van der Waals surface area contributed by atoms with Crippen LogP contribution in [0.25, 0.3) is 0 Å². The van der Waals surface area contributed by atoms with E-state index in [4.69, 9.17) is 18.9 Å². The van der Waals surface area contributed by atoms with Crippen molar-refractivity contribution in [1.29, 1.82) is 0 Å². The van der Waals surface area contributed by atoms with Crippen LogP contribution in [0.15, 0.2) is 41.5 Å². The van der Waals surface area contributed by atoms with Gasteiger partial charge in [-0.25, -0.2) is 13.8 Å². The molecule has 1 N–H and O–H groups in total. The van der Waals surface area contributed by atoms with Crippen LogP contribution in [0.2, 0.25) is 0 Å². The normalized spacial score (nSPS) is 11.1. The molecule has 31 heavy (non-hydrogen) atoms. The van der Waals surface area contributed by atoms with Crippen molar-refractivity contribution in [2.75, 3.05) is 45.5 Å². The van der Waals surface area contributed by atoms with Crippen molar-refractivity contribution in [2.24, 2.45) is 5.10 Å². The molecule has 0 unspecified atom stereocenters. The average Bonchev–Trinajstić information content (AvgIpc) is 2.75. The van der Waals surface area contributed by atoms with Gasteiger partial charge in [-0.3, -0.25) is 9.10 Å². The van der Waals surface area contributed by atoms with Crippen LogP contribution in [-0.4, -0.2) is 61.8 Å². The molecular formula is C20H25N3O7S. The highest BCUT2D eigenvalue weighted by atomic mass is 32.2. The number of sulfonamides is 1. The van der Waals surface area contributed by atoms with Gasteiger partial charge in [-0.1, -0.05) is 6.07 Å². The first-order valence-electron chi connectivity index (χ1n) is 8.97. The van der Waals surface area contributed by atoms with Gasteiger partial charge in [-0.15, -0.1) is 0 Å². The van der Waals surface area contributed by atoms with E-state index in [2.05, 4.69) is 10.5 Å². The van der Waals surface area contributed by atoms with Crippen LogP contribution in [0.3, 0.4) is 0 Å². The lowest BCUT2D eigenvalue weighted by Crippen LogP contribution is -2.39. The third kappa shape index (κ3) is 6.25. The number of hydrazone groups is 1. The zero-order valence-electron chi connectivity index (χ0n) is 17.9. The molecule has 10 nitrogen and oxygen atoms in total. The number of anilines is 1. The van der Waals surface area contributed by atoms with Crippen molar-refractivity contribution < 1.29 is 32.2 Å². The average molecular weight is 452 g/mol. The molecule has 0 atom stereocenters. The molecule has 0 spiro atoms. The topological polar surface area (TPSA) is 116 Å². The lowest BCUT2D eigenvalue weighted by Gasteiger charge is -2.21. The fourth-order valence-electron chi connectivity index (χ4n) is 2.69. The summed E-state index contributed by atoms with van der Waals surface area (Å²) in [6.45, 7) is -0.460. The van der Waals surface area contributed by atoms with Crippen molar-refractivity contribution in [3.05, 3.63) is 42.0 Å². The van der Waals surface area contributed by atoms with Crippen LogP contribution in [0.5, 0.6) is 23.0 Å². The minimum absolute atomic E-state index is 0.297. The highest BCUT2D eigenvalue weighted by molar-refractivity contribution is 7.92. The lowest BCUT2D eigenvalue weighted by atomic mass is 10.2. The number of carbonyl (C=O) groups is 1. The smallest absolute Gasteiger partial charge is 0.260 e. The summed E-state index contributed by atoms with van der Waals surface area (Å²) < 4.78 is 46.2. The molecule has 0 fully saturated rings. The van der Waals surface area contributed by atoms with Crippen LogP contribution < -0.4 is 28.7 Å². The number of ether oxygens (including phenoxy) is 4. The summed E-state index contributed by atoms with van der Waals surface area (Å²) in [6, 6.07) is 9.69. The number of methoxy groups -OCH3 is 4. The van der Waals surface area contributed by atoms with Gasteiger partial charge in [0.05, 0.1) is 46.6 Å². The molecule has 0 aliphatic carbocycles. The van der Waals surface area contributed by atoms with Gasteiger partial charge in [0.15, 0.2) is 11.5 Å². The van der Waals surface area contributed by atoms with E-state index >= 15 is 0 Å². The van der Waals surface area contributed by atoms with Gasteiger partial charge in [0.2, 0.25) is 15.8 Å². The Kier molecular flexibility index (Phi) is 8.08. The van der Waals surface area contributed by atoms with Crippen LogP contribution in [0, 0.1) is 0 Å². The van der Waals surface area contributed by atoms with Crippen molar-refractivity contribution in [1.82, 2.24) is 5.43 Å². The number of rotatable bonds is 10. The maximum absolute atomic E-state index is 12.3. The molecule has 1 amide bonds. The standard InChI is InChI=1S/C20H25N3O7S/c1-27-16-8-6-7-15(11-16)23(31(5,25)26)13-19(24)22-21-12-14-9-17(28-2)20(30-4)18(10-14)29-3/h6-12H,13H2,1-5H3,(H,22,24)/b21-12-. The number of benzene rings is 2. The summed E-state index contributed by atoms with van der Waals surface area (Å²) >= 11 is 0. The Bertz CT molecular complexity index is 1030. The predicted molar refractivity (Wildman–Crippen MR) is 117 cm³/mol. The molecule has 0 saturated heterocycles. The Labute approximate surface area is 181 Å². The van der Waals surface area contributed by atoms with E-state index in [-0.39, 0.29) is 0 Å². The third-order valence-electron chi connectivity index (χ3n) is 4.12. The summed E-state index contributed by atoms with van der Waals surface area (Å²) in [5.41, 5.74) is 3.18. The van der Waals surface area contributed by atoms with Gasteiger partial charge in [0.25, 0.3) is 5.91 Å². The van der Waals surface area contributed by atoms with Gasteiger partial charge in [-0.05, 0) is 24.3 Å². The van der Waals surface area contributed by atoms with E-state index in [9.17, 15) is 13.2 Å². The first-order chi connectivity index (χ1) is 14.7. The maximum Gasteiger partial charge on any atom is 0.260 e. The number of nitrogens with zero attached hydrogens (tertiary/aromatic N) is 2. The predicted octanol–water partition coefficient (Wildman–Crippen LogP) is 1.64.